The van der Waals surface area contributed by atoms with Crippen molar-refractivity contribution in [1.29, 1.82) is 0 Å². The fraction of sp³-hybridized carbons (Fsp3) is 0.389. The molecule has 26 heavy (non-hydrogen) atoms. The first-order valence-corrected chi connectivity index (χ1v) is 9.22. The normalized spacial score (nSPS) is 18.5. The number of nitrogens with zero attached hydrogens (tertiary/aromatic N) is 5. The van der Waals surface area contributed by atoms with Crippen molar-refractivity contribution >= 4 is 20.3 Å². The minimum atomic E-state index is -0.796. The molecule has 0 radical (unpaired) electrons. The van der Waals surface area contributed by atoms with Crippen molar-refractivity contribution in [3.63, 3.8) is 0 Å². The summed E-state index contributed by atoms with van der Waals surface area (Å²) in [5.74, 6) is -0.674. The topological polar surface area (TPSA) is 46.3 Å². The highest BCUT2D eigenvalue weighted by Crippen LogP contribution is 2.28. The Morgan fingerprint density at radius 1 is 1.27 bits per heavy atom. The van der Waals surface area contributed by atoms with Crippen LogP contribution in [0.1, 0.15) is 35.7 Å². The maximum atomic E-state index is 13.7. The van der Waals surface area contributed by atoms with Crippen molar-refractivity contribution in [2.24, 2.45) is 0 Å². The molecule has 0 N–H and O–H groups in total. The third-order valence-corrected chi connectivity index (χ3v) is 5.27. The minimum Gasteiger partial charge on any atom is -0.298 e. The van der Waals surface area contributed by atoms with Gasteiger partial charge >= 0.3 is 0 Å². The summed E-state index contributed by atoms with van der Waals surface area (Å²) >= 11 is 0. The van der Waals surface area contributed by atoms with Crippen LogP contribution in [0.3, 0.4) is 0 Å². The minimum absolute atomic E-state index is 0.266. The molecule has 4 rings (SSSR count). The number of rotatable bonds is 3. The summed E-state index contributed by atoms with van der Waals surface area (Å²) in [5, 5.41) is 4.57. The van der Waals surface area contributed by atoms with Crippen LogP contribution in [0.4, 0.5) is 8.78 Å². The van der Waals surface area contributed by atoms with Gasteiger partial charge in [-0.15, -0.1) is 9.24 Å². The van der Waals surface area contributed by atoms with Crippen molar-refractivity contribution in [1.82, 2.24) is 24.5 Å². The van der Waals surface area contributed by atoms with Crippen molar-refractivity contribution in [3.05, 3.63) is 53.1 Å². The molecule has 2 aromatic heterocycles. The quantitative estimate of drug-likeness (QED) is 0.661. The molecule has 1 aliphatic rings. The maximum absolute atomic E-state index is 13.7. The van der Waals surface area contributed by atoms with E-state index >= 15 is 0 Å². The molecular weight excluding hydrogens is 355 g/mol. The molecular formula is C18H20F2N5P. The van der Waals surface area contributed by atoms with E-state index in [0.29, 0.717) is 18.2 Å². The standard InChI is InChI=1S/C18H20F2N5P/c1-11-5-15(25-18(23-11)21-10-22-25)13-3-2-4-24(9-13)8-12-6-14(19)17(20)16(26)7-12/h5-7,10,13H,2-4,8-9,26H2,1H3/t13-/m0/s1. The molecule has 1 saturated heterocycles. The SMILES string of the molecule is Cc1cc([C@H]2CCCN(Cc3cc(F)c(F)c(P)c3)C2)n2ncnc2n1. The average Bonchev–Trinajstić information content (AvgIpc) is 3.07. The molecule has 2 atom stereocenters. The van der Waals surface area contributed by atoms with Crippen molar-refractivity contribution in [3.8, 4) is 0 Å². The maximum Gasteiger partial charge on any atom is 0.252 e. The second kappa shape index (κ2) is 6.97. The number of fused-ring (bicyclic) bond motifs is 1. The van der Waals surface area contributed by atoms with Gasteiger partial charge in [0.1, 0.15) is 6.33 Å². The number of benzene rings is 1. The Morgan fingerprint density at radius 2 is 2.12 bits per heavy atom. The molecule has 5 nitrogen and oxygen atoms in total. The lowest BCUT2D eigenvalue weighted by molar-refractivity contribution is 0.197. The molecule has 136 valence electrons. The van der Waals surface area contributed by atoms with Gasteiger partial charge in [-0.3, -0.25) is 4.90 Å². The van der Waals surface area contributed by atoms with E-state index in [0.717, 1.165) is 42.9 Å². The van der Waals surface area contributed by atoms with E-state index in [2.05, 4.69) is 35.3 Å². The molecule has 1 aromatic carbocycles. The van der Waals surface area contributed by atoms with E-state index in [1.165, 1.54) is 12.4 Å². The smallest absolute Gasteiger partial charge is 0.252 e. The Kier molecular flexibility index (Phi) is 4.67. The van der Waals surface area contributed by atoms with E-state index in [4.69, 9.17) is 0 Å². The van der Waals surface area contributed by atoms with Gasteiger partial charge in [0.15, 0.2) is 11.6 Å². The van der Waals surface area contributed by atoms with Crippen molar-refractivity contribution in [2.75, 3.05) is 13.1 Å². The lowest BCUT2D eigenvalue weighted by Crippen LogP contribution is -2.35. The average molecular weight is 375 g/mol. The zero-order valence-corrected chi connectivity index (χ0v) is 15.6. The van der Waals surface area contributed by atoms with Gasteiger partial charge in [0.2, 0.25) is 0 Å². The van der Waals surface area contributed by atoms with E-state index in [-0.39, 0.29) is 5.30 Å². The number of aryl methyl sites for hydroxylation is 1. The van der Waals surface area contributed by atoms with Crippen molar-refractivity contribution < 1.29 is 8.78 Å². The van der Waals surface area contributed by atoms with Crippen LogP contribution in [0, 0.1) is 18.6 Å². The molecule has 0 saturated carbocycles. The number of hydrogen-bond acceptors (Lipinski definition) is 4. The van der Waals surface area contributed by atoms with Gasteiger partial charge in [-0.25, -0.2) is 18.3 Å². The first-order chi connectivity index (χ1) is 12.5. The molecule has 3 heterocycles. The Morgan fingerprint density at radius 3 is 2.92 bits per heavy atom. The van der Waals surface area contributed by atoms with Gasteiger partial charge in [-0.2, -0.15) is 10.1 Å². The van der Waals surface area contributed by atoms with Gasteiger partial charge in [0, 0.05) is 30.0 Å². The molecule has 0 aliphatic carbocycles. The summed E-state index contributed by atoms with van der Waals surface area (Å²) in [5.41, 5.74) is 2.81. The fourth-order valence-electron chi connectivity index (χ4n) is 3.71. The lowest BCUT2D eigenvalue weighted by Gasteiger charge is -2.33. The summed E-state index contributed by atoms with van der Waals surface area (Å²) in [4.78, 5) is 10.9. The van der Waals surface area contributed by atoms with Crippen LogP contribution >= 0.6 is 9.24 Å². The van der Waals surface area contributed by atoms with Gasteiger partial charge in [-0.05, 0) is 50.1 Å². The van der Waals surface area contributed by atoms with Crippen LogP contribution in [-0.2, 0) is 6.54 Å². The predicted molar refractivity (Wildman–Crippen MR) is 98.5 cm³/mol. The monoisotopic (exact) mass is 375 g/mol. The Balaban J connectivity index is 1.57. The number of halogens is 2. The Labute approximate surface area is 152 Å². The summed E-state index contributed by atoms with van der Waals surface area (Å²) < 4.78 is 29.0. The highest BCUT2D eigenvalue weighted by molar-refractivity contribution is 7.27. The van der Waals surface area contributed by atoms with Crippen LogP contribution in [-0.4, -0.2) is 37.6 Å². The van der Waals surface area contributed by atoms with Crippen LogP contribution in [0.5, 0.6) is 0 Å². The highest BCUT2D eigenvalue weighted by Gasteiger charge is 2.25. The van der Waals surface area contributed by atoms with Gasteiger partial charge in [0.05, 0.1) is 5.69 Å². The van der Waals surface area contributed by atoms with E-state index in [9.17, 15) is 8.78 Å². The van der Waals surface area contributed by atoms with Gasteiger partial charge < -0.3 is 0 Å². The lowest BCUT2D eigenvalue weighted by atomic mass is 9.93. The molecule has 8 heteroatoms. The van der Waals surface area contributed by atoms with E-state index in [1.54, 1.807) is 10.6 Å². The Hall–Kier alpha value is -1.98. The third kappa shape index (κ3) is 3.33. The zero-order valence-electron chi connectivity index (χ0n) is 14.5. The second-order valence-electron chi connectivity index (χ2n) is 6.85. The second-order valence-corrected chi connectivity index (χ2v) is 7.47. The summed E-state index contributed by atoms with van der Waals surface area (Å²) in [6.45, 7) is 4.33. The van der Waals surface area contributed by atoms with E-state index in [1.807, 2.05) is 6.92 Å². The van der Waals surface area contributed by atoms with Crippen LogP contribution in [0.25, 0.3) is 5.78 Å². The van der Waals surface area contributed by atoms with Gasteiger partial charge in [0.25, 0.3) is 5.78 Å². The zero-order chi connectivity index (χ0) is 18.3. The number of aromatic nitrogens is 4. The molecule has 3 aromatic rings. The van der Waals surface area contributed by atoms with E-state index < -0.39 is 11.6 Å². The predicted octanol–water partition coefficient (Wildman–Crippen LogP) is 2.59. The van der Waals surface area contributed by atoms with Crippen LogP contribution in [0.2, 0.25) is 0 Å². The number of piperidine rings is 1. The summed E-state index contributed by atoms with van der Waals surface area (Å²) in [6.07, 6.45) is 3.62. The third-order valence-electron chi connectivity index (χ3n) is 4.85. The fourth-order valence-corrected chi connectivity index (χ4v) is 4.06. The van der Waals surface area contributed by atoms with Crippen LogP contribution < -0.4 is 5.30 Å². The van der Waals surface area contributed by atoms with Crippen LogP contribution in [0.15, 0.2) is 24.5 Å². The highest BCUT2D eigenvalue weighted by atomic mass is 31.0. The van der Waals surface area contributed by atoms with Crippen molar-refractivity contribution in [2.45, 2.75) is 32.2 Å². The first kappa shape index (κ1) is 17.4. The molecule has 1 unspecified atom stereocenters. The largest absolute Gasteiger partial charge is 0.298 e. The summed E-state index contributed by atoms with van der Waals surface area (Å²) in [7, 11) is 2.26. The Bertz CT molecular complexity index is 935. The number of hydrogen-bond donors (Lipinski definition) is 0. The molecule has 0 bridgehead atoms. The molecule has 0 amide bonds. The molecule has 1 aliphatic heterocycles. The summed E-state index contributed by atoms with van der Waals surface area (Å²) in [6, 6.07) is 5.05. The number of likely N-dealkylation sites (tertiary alicyclic amines) is 1. The molecule has 1 fully saturated rings. The van der Waals surface area contributed by atoms with Gasteiger partial charge in [-0.1, -0.05) is 0 Å². The molecule has 0 spiro atoms. The first-order valence-electron chi connectivity index (χ1n) is 8.64.